The lowest BCUT2D eigenvalue weighted by Gasteiger charge is -2.10. The number of carbonyl (C=O) groups is 1. The molecule has 1 aromatic heterocycles. The van der Waals surface area contributed by atoms with E-state index in [0.29, 0.717) is 17.2 Å². The van der Waals surface area contributed by atoms with Gasteiger partial charge in [-0.05, 0) is 18.6 Å². The third kappa shape index (κ3) is 2.96. The van der Waals surface area contributed by atoms with Crippen molar-refractivity contribution in [2.45, 2.75) is 6.92 Å². The molecule has 0 saturated heterocycles. The number of thiophene rings is 1. The van der Waals surface area contributed by atoms with Crippen LogP contribution in [0.5, 0.6) is 5.75 Å². The lowest BCUT2D eigenvalue weighted by Crippen LogP contribution is -2.21. The Kier molecular flexibility index (Phi) is 4.22. The van der Waals surface area contributed by atoms with Crippen LogP contribution in [-0.4, -0.2) is 31.5 Å². The van der Waals surface area contributed by atoms with Crippen molar-refractivity contribution in [3.05, 3.63) is 41.3 Å². The third-order valence-corrected chi connectivity index (χ3v) is 3.81. The normalized spacial score (nSPS) is 10.3. The van der Waals surface area contributed by atoms with Crippen LogP contribution in [0, 0.1) is 0 Å². The number of rotatable bonds is 4. The highest BCUT2D eigenvalue weighted by Crippen LogP contribution is 2.36. The summed E-state index contributed by atoms with van der Waals surface area (Å²) < 4.78 is 5.57. The van der Waals surface area contributed by atoms with Gasteiger partial charge < -0.3 is 9.64 Å². The van der Waals surface area contributed by atoms with Gasteiger partial charge in [-0.3, -0.25) is 4.79 Å². The van der Waals surface area contributed by atoms with Gasteiger partial charge in [0.2, 0.25) is 0 Å². The summed E-state index contributed by atoms with van der Waals surface area (Å²) in [5.74, 6) is 0.653. The lowest BCUT2D eigenvalue weighted by molar-refractivity contribution is 0.0828. The van der Waals surface area contributed by atoms with E-state index in [-0.39, 0.29) is 5.91 Å². The molecule has 0 radical (unpaired) electrons. The van der Waals surface area contributed by atoms with Crippen molar-refractivity contribution >= 4 is 17.2 Å². The van der Waals surface area contributed by atoms with Crippen molar-refractivity contribution in [1.29, 1.82) is 0 Å². The summed E-state index contributed by atoms with van der Waals surface area (Å²) in [6, 6.07) is 12.0. The summed E-state index contributed by atoms with van der Waals surface area (Å²) in [7, 11) is 3.50. The molecule has 1 heterocycles. The monoisotopic (exact) mass is 275 g/mol. The van der Waals surface area contributed by atoms with E-state index in [1.54, 1.807) is 19.0 Å². The zero-order valence-electron chi connectivity index (χ0n) is 11.3. The second-order valence-electron chi connectivity index (χ2n) is 4.30. The minimum atomic E-state index is -0.0179. The quantitative estimate of drug-likeness (QED) is 0.854. The second-order valence-corrected chi connectivity index (χ2v) is 5.35. The van der Waals surface area contributed by atoms with Crippen molar-refractivity contribution in [1.82, 2.24) is 4.90 Å². The molecule has 3 nitrogen and oxygen atoms in total. The maximum Gasteiger partial charge on any atom is 0.267 e. The highest BCUT2D eigenvalue weighted by molar-refractivity contribution is 7.17. The molecule has 4 heteroatoms. The Morgan fingerprint density at radius 3 is 2.53 bits per heavy atom. The molecule has 2 aromatic rings. The van der Waals surface area contributed by atoms with E-state index in [2.05, 4.69) is 0 Å². The van der Waals surface area contributed by atoms with Gasteiger partial charge in [-0.15, -0.1) is 11.3 Å². The summed E-state index contributed by atoms with van der Waals surface area (Å²) in [6.45, 7) is 2.47. The zero-order chi connectivity index (χ0) is 13.8. The first-order chi connectivity index (χ1) is 9.13. The number of hydrogen-bond acceptors (Lipinski definition) is 3. The van der Waals surface area contributed by atoms with Crippen LogP contribution in [0.1, 0.15) is 16.6 Å². The lowest BCUT2D eigenvalue weighted by atomic mass is 10.2. The Morgan fingerprint density at radius 2 is 1.95 bits per heavy atom. The number of carbonyl (C=O) groups excluding carboxylic acids is 1. The predicted octanol–water partition coefficient (Wildman–Crippen LogP) is 3.52. The first kappa shape index (κ1) is 13.6. The van der Waals surface area contributed by atoms with Crippen LogP contribution in [0.4, 0.5) is 0 Å². The molecule has 1 aromatic carbocycles. The molecule has 1 amide bonds. The molecule has 0 saturated carbocycles. The van der Waals surface area contributed by atoms with E-state index >= 15 is 0 Å². The van der Waals surface area contributed by atoms with Gasteiger partial charge in [0, 0.05) is 19.0 Å². The van der Waals surface area contributed by atoms with Gasteiger partial charge in [0.1, 0.15) is 10.6 Å². The topological polar surface area (TPSA) is 29.5 Å². The number of benzene rings is 1. The number of ether oxygens (including phenoxy) is 1. The van der Waals surface area contributed by atoms with Gasteiger partial charge in [-0.25, -0.2) is 0 Å². The maximum atomic E-state index is 12.1. The molecule has 0 aliphatic rings. The van der Waals surface area contributed by atoms with Crippen LogP contribution < -0.4 is 4.74 Å². The first-order valence-electron chi connectivity index (χ1n) is 6.17. The van der Waals surface area contributed by atoms with E-state index in [9.17, 15) is 4.79 Å². The van der Waals surface area contributed by atoms with Crippen LogP contribution in [0.25, 0.3) is 10.4 Å². The Labute approximate surface area is 117 Å². The molecular weight excluding hydrogens is 258 g/mol. The fraction of sp³-hybridized carbons (Fsp3) is 0.267. The zero-order valence-corrected chi connectivity index (χ0v) is 12.2. The van der Waals surface area contributed by atoms with E-state index in [1.807, 2.05) is 43.3 Å². The van der Waals surface area contributed by atoms with Gasteiger partial charge in [0.15, 0.2) is 0 Å². The van der Waals surface area contributed by atoms with Crippen molar-refractivity contribution in [3.63, 3.8) is 0 Å². The van der Waals surface area contributed by atoms with Crippen LogP contribution >= 0.6 is 11.3 Å². The molecule has 0 bridgehead atoms. The fourth-order valence-corrected chi connectivity index (χ4v) is 2.86. The summed E-state index contributed by atoms with van der Waals surface area (Å²) in [6.07, 6.45) is 0. The van der Waals surface area contributed by atoms with Crippen molar-refractivity contribution in [3.8, 4) is 16.2 Å². The van der Waals surface area contributed by atoms with Crippen molar-refractivity contribution in [2.24, 2.45) is 0 Å². The minimum absolute atomic E-state index is 0.0179. The Morgan fingerprint density at radius 1 is 1.26 bits per heavy atom. The molecule has 0 N–H and O–H groups in total. The van der Waals surface area contributed by atoms with Crippen molar-refractivity contribution < 1.29 is 9.53 Å². The maximum absolute atomic E-state index is 12.1. The van der Waals surface area contributed by atoms with Crippen LogP contribution in [0.15, 0.2) is 36.4 Å². The highest BCUT2D eigenvalue weighted by Gasteiger charge is 2.19. The average Bonchev–Trinajstić information content (AvgIpc) is 2.83. The minimum Gasteiger partial charge on any atom is -0.492 e. The molecule has 2 rings (SSSR count). The summed E-state index contributed by atoms with van der Waals surface area (Å²) in [5, 5.41) is 0. The van der Waals surface area contributed by atoms with Gasteiger partial charge >= 0.3 is 0 Å². The van der Waals surface area contributed by atoms with Crippen molar-refractivity contribution in [2.75, 3.05) is 20.7 Å². The first-order valence-corrected chi connectivity index (χ1v) is 6.98. The molecule has 19 heavy (non-hydrogen) atoms. The molecule has 0 aliphatic carbocycles. The highest BCUT2D eigenvalue weighted by atomic mass is 32.1. The fourth-order valence-electron chi connectivity index (χ4n) is 1.73. The molecule has 0 aliphatic heterocycles. The summed E-state index contributed by atoms with van der Waals surface area (Å²) >= 11 is 1.47. The van der Waals surface area contributed by atoms with E-state index < -0.39 is 0 Å². The van der Waals surface area contributed by atoms with Crippen LogP contribution in [0.2, 0.25) is 0 Å². The predicted molar refractivity (Wildman–Crippen MR) is 78.9 cm³/mol. The molecule has 0 spiro atoms. The van der Waals surface area contributed by atoms with Gasteiger partial charge in [-0.1, -0.05) is 30.3 Å². The Hall–Kier alpha value is -1.81. The average molecular weight is 275 g/mol. The molecule has 0 fully saturated rings. The van der Waals surface area contributed by atoms with Crippen LogP contribution in [-0.2, 0) is 0 Å². The van der Waals surface area contributed by atoms with E-state index in [1.165, 1.54) is 11.3 Å². The SMILES string of the molecule is CCOc1cc(-c2ccccc2)sc1C(=O)N(C)C. The van der Waals surface area contributed by atoms with Gasteiger partial charge in [0.05, 0.1) is 6.61 Å². The van der Waals surface area contributed by atoms with Gasteiger partial charge in [-0.2, -0.15) is 0 Å². The van der Waals surface area contributed by atoms with Crippen LogP contribution in [0.3, 0.4) is 0 Å². The third-order valence-electron chi connectivity index (χ3n) is 2.66. The van der Waals surface area contributed by atoms with Gasteiger partial charge in [0.25, 0.3) is 5.91 Å². The molecule has 0 atom stereocenters. The Bertz CT molecular complexity index is 561. The molecule has 0 unspecified atom stereocenters. The number of hydrogen-bond donors (Lipinski definition) is 0. The number of amides is 1. The Balaban J connectivity index is 2.43. The standard InChI is InChI=1S/C15H17NO2S/c1-4-18-12-10-13(11-8-6-5-7-9-11)19-14(12)15(17)16(2)3/h5-10H,4H2,1-3H3. The molecule has 100 valence electrons. The summed E-state index contributed by atoms with van der Waals surface area (Å²) in [5.41, 5.74) is 1.10. The summed E-state index contributed by atoms with van der Waals surface area (Å²) in [4.78, 5) is 15.4. The largest absolute Gasteiger partial charge is 0.492 e. The molecular formula is C15H17NO2S. The smallest absolute Gasteiger partial charge is 0.267 e. The number of nitrogens with zero attached hydrogens (tertiary/aromatic N) is 1. The van der Waals surface area contributed by atoms with E-state index in [4.69, 9.17) is 4.74 Å². The second kappa shape index (κ2) is 5.89. The van der Waals surface area contributed by atoms with E-state index in [0.717, 1.165) is 10.4 Å².